The van der Waals surface area contributed by atoms with Crippen molar-refractivity contribution in [1.82, 2.24) is 10.2 Å². The van der Waals surface area contributed by atoms with Crippen LogP contribution in [0.4, 0.5) is 4.79 Å². The van der Waals surface area contributed by atoms with Crippen molar-refractivity contribution in [3.8, 4) is 12.3 Å². The fourth-order valence-corrected chi connectivity index (χ4v) is 1.21. The third-order valence-corrected chi connectivity index (χ3v) is 2.13. The fourth-order valence-electron chi connectivity index (χ4n) is 1.21. The van der Waals surface area contributed by atoms with Crippen molar-refractivity contribution in [2.24, 2.45) is 5.73 Å². The zero-order valence-electron chi connectivity index (χ0n) is 10.3. The molecule has 0 aromatic carbocycles. The summed E-state index contributed by atoms with van der Waals surface area (Å²) in [4.78, 5) is 34.6. The first kappa shape index (κ1) is 15.8. The number of nitrogens with one attached hydrogen (secondary N) is 1. The molecule has 0 aromatic heterocycles. The number of rotatable bonds is 6. The second-order valence-corrected chi connectivity index (χ2v) is 3.94. The second kappa shape index (κ2) is 7.17. The molecule has 4 N–H and O–H groups in total. The average Bonchev–Trinajstić information content (AvgIpc) is 2.24. The zero-order valence-corrected chi connectivity index (χ0v) is 10.3. The molecule has 7 nitrogen and oxygen atoms in total. The van der Waals surface area contributed by atoms with Gasteiger partial charge in [-0.1, -0.05) is 0 Å². The summed E-state index contributed by atoms with van der Waals surface area (Å²) in [6, 6.07) is -2.17. The van der Waals surface area contributed by atoms with E-state index in [2.05, 4.69) is 11.2 Å². The van der Waals surface area contributed by atoms with E-state index in [-0.39, 0.29) is 19.0 Å². The molecule has 0 aliphatic carbocycles. The molecule has 1 atom stereocenters. The standard InChI is InChI=1S/C11H17N3O4/c1-4-5-8(10(16)17)13-11(18)14(7(2)3)6-9(12)15/h1,7-8H,5-6H2,2-3H3,(H2,12,15)(H,13,18)(H,16,17). The molecule has 0 aliphatic rings. The summed E-state index contributed by atoms with van der Waals surface area (Å²) in [5, 5.41) is 11.1. The van der Waals surface area contributed by atoms with Crippen molar-refractivity contribution in [3.63, 3.8) is 0 Å². The van der Waals surface area contributed by atoms with Crippen molar-refractivity contribution < 1.29 is 19.5 Å². The highest BCUT2D eigenvalue weighted by Gasteiger charge is 2.24. The minimum Gasteiger partial charge on any atom is -0.480 e. The van der Waals surface area contributed by atoms with Crippen LogP contribution < -0.4 is 11.1 Å². The summed E-state index contributed by atoms with van der Waals surface area (Å²) < 4.78 is 0. The van der Waals surface area contributed by atoms with E-state index in [0.29, 0.717) is 0 Å². The molecule has 0 aliphatic heterocycles. The van der Waals surface area contributed by atoms with Crippen LogP contribution in [0.3, 0.4) is 0 Å². The Bertz CT molecular complexity index is 373. The Labute approximate surface area is 105 Å². The summed E-state index contributed by atoms with van der Waals surface area (Å²) in [6.45, 7) is 3.07. The van der Waals surface area contributed by atoms with E-state index in [0.717, 1.165) is 4.90 Å². The number of nitrogens with two attached hydrogens (primary N) is 1. The number of carbonyl (C=O) groups excluding carboxylic acids is 2. The van der Waals surface area contributed by atoms with Crippen molar-refractivity contribution in [2.45, 2.75) is 32.4 Å². The smallest absolute Gasteiger partial charge is 0.327 e. The van der Waals surface area contributed by atoms with E-state index >= 15 is 0 Å². The molecule has 0 radical (unpaired) electrons. The minimum atomic E-state index is -1.23. The maximum absolute atomic E-state index is 11.8. The van der Waals surface area contributed by atoms with Crippen LogP contribution in [0.1, 0.15) is 20.3 Å². The predicted molar refractivity (Wildman–Crippen MR) is 64.4 cm³/mol. The number of hydrogen-bond acceptors (Lipinski definition) is 3. The van der Waals surface area contributed by atoms with Crippen LogP contribution in [0.15, 0.2) is 0 Å². The van der Waals surface area contributed by atoms with Gasteiger partial charge in [-0.05, 0) is 13.8 Å². The summed E-state index contributed by atoms with van der Waals surface area (Å²) >= 11 is 0. The van der Waals surface area contributed by atoms with E-state index in [1.165, 1.54) is 0 Å². The largest absolute Gasteiger partial charge is 0.480 e. The molecule has 0 saturated carbocycles. The van der Waals surface area contributed by atoms with Gasteiger partial charge in [0, 0.05) is 12.5 Å². The molecule has 0 rings (SSSR count). The van der Waals surface area contributed by atoms with E-state index in [9.17, 15) is 14.4 Å². The van der Waals surface area contributed by atoms with E-state index < -0.39 is 23.9 Å². The lowest BCUT2D eigenvalue weighted by Crippen LogP contribution is -2.52. The molecule has 0 fully saturated rings. The number of carbonyl (C=O) groups is 3. The number of terminal acetylenes is 1. The normalized spacial score (nSPS) is 11.4. The Kier molecular flexibility index (Phi) is 6.28. The number of carboxylic acid groups (broad SMARTS) is 1. The summed E-state index contributed by atoms with van der Waals surface area (Å²) in [6.07, 6.45) is 4.87. The quantitative estimate of drug-likeness (QED) is 0.548. The molecule has 18 heavy (non-hydrogen) atoms. The van der Waals surface area contributed by atoms with E-state index in [1.807, 2.05) is 0 Å². The number of amides is 3. The molecule has 0 aromatic rings. The summed E-state index contributed by atoms with van der Waals surface area (Å²) in [5.74, 6) is 0.247. The third kappa shape index (κ3) is 5.21. The van der Waals surface area contributed by atoms with Gasteiger partial charge in [-0.15, -0.1) is 12.3 Å². The summed E-state index contributed by atoms with van der Waals surface area (Å²) in [5.41, 5.74) is 5.01. The Morgan fingerprint density at radius 3 is 2.33 bits per heavy atom. The minimum absolute atomic E-state index is 0.135. The van der Waals surface area contributed by atoms with Gasteiger partial charge >= 0.3 is 12.0 Å². The van der Waals surface area contributed by atoms with Gasteiger partial charge in [-0.25, -0.2) is 9.59 Å². The highest BCUT2D eigenvalue weighted by atomic mass is 16.4. The topological polar surface area (TPSA) is 113 Å². The third-order valence-electron chi connectivity index (χ3n) is 2.13. The molecular formula is C11H17N3O4. The van der Waals surface area contributed by atoms with Gasteiger partial charge < -0.3 is 21.1 Å². The van der Waals surface area contributed by atoms with Crippen molar-refractivity contribution >= 4 is 17.9 Å². The van der Waals surface area contributed by atoms with Gasteiger partial charge in [0.05, 0.1) is 0 Å². The highest BCUT2D eigenvalue weighted by Crippen LogP contribution is 2.00. The van der Waals surface area contributed by atoms with Gasteiger partial charge in [0.2, 0.25) is 5.91 Å². The Hall–Kier alpha value is -2.23. The van der Waals surface area contributed by atoms with Crippen LogP contribution in [0.2, 0.25) is 0 Å². The van der Waals surface area contributed by atoms with Gasteiger partial charge in [-0.3, -0.25) is 4.79 Å². The molecular weight excluding hydrogens is 238 g/mol. The lowest BCUT2D eigenvalue weighted by atomic mass is 10.2. The van der Waals surface area contributed by atoms with Gasteiger partial charge in [0.15, 0.2) is 0 Å². The van der Waals surface area contributed by atoms with Crippen LogP contribution in [0.25, 0.3) is 0 Å². The number of primary amides is 1. The van der Waals surface area contributed by atoms with E-state index in [1.54, 1.807) is 13.8 Å². The SMILES string of the molecule is C#CCC(NC(=O)N(CC(N)=O)C(C)C)C(=O)O. The Balaban J connectivity index is 4.72. The van der Waals surface area contributed by atoms with Crippen LogP contribution >= 0.6 is 0 Å². The maximum Gasteiger partial charge on any atom is 0.327 e. The second-order valence-electron chi connectivity index (χ2n) is 3.94. The van der Waals surface area contributed by atoms with E-state index in [4.69, 9.17) is 17.3 Å². The lowest BCUT2D eigenvalue weighted by Gasteiger charge is -2.26. The number of aliphatic carboxylic acids is 1. The van der Waals surface area contributed by atoms with Gasteiger partial charge in [0.25, 0.3) is 0 Å². The highest BCUT2D eigenvalue weighted by molar-refractivity contribution is 5.86. The molecule has 1 unspecified atom stereocenters. The monoisotopic (exact) mass is 255 g/mol. The lowest BCUT2D eigenvalue weighted by molar-refractivity contribution is -0.139. The molecule has 0 saturated heterocycles. The molecule has 0 spiro atoms. The Morgan fingerprint density at radius 2 is 2.00 bits per heavy atom. The van der Waals surface area contributed by atoms with Crippen LogP contribution in [0, 0.1) is 12.3 Å². The molecule has 0 heterocycles. The van der Waals surface area contributed by atoms with Crippen molar-refractivity contribution in [3.05, 3.63) is 0 Å². The fraction of sp³-hybridized carbons (Fsp3) is 0.545. The number of nitrogens with zero attached hydrogens (tertiary/aromatic N) is 1. The number of carboxylic acids is 1. The first-order valence-electron chi connectivity index (χ1n) is 5.31. The van der Waals surface area contributed by atoms with Crippen LogP contribution in [0.5, 0.6) is 0 Å². The first-order valence-corrected chi connectivity index (χ1v) is 5.31. The van der Waals surface area contributed by atoms with Crippen molar-refractivity contribution in [2.75, 3.05) is 6.54 Å². The van der Waals surface area contributed by atoms with Gasteiger partial charge in [0.1, 0.15) is 12.6 Å². The zero-order chi connectivity index (χ0) is 14.3. The number of hydrogen-bond donors (Lipinski definition) is 3. The predicted octanol–water partition coefficient (Wildman–Crippen LogP) is -0.632. The maximum atomic E-state index is 11.8. The molecule has 0 bridgehead atoms. The first-order chi connectivity index (χ1) is 8.29. The molecule has 7 heteroatoms. The van der Waals surface area contributed by atoms with Gasteiger partial charge in [-0.2, -0.15) is 0 Å². The van der Waals surface area contributed by atoms with Crippen LogP contribution in [-0.2, 0) is 9.59 Å². The van der Waals surface area contributed by atoms with Crippen LogP contribution in [-0.4, -0.2) is 46.5 Å². The number of urea groups is 1. The van der Waals surface area contributed by atoms with Crippen molar-refractivity contribution in [1.29, 1.82) is 0 Å². The summed E-state index contributed by atoms with van der Waals surface area (Å²) in [7, 11) is 0. The Morgan fingerprint density at radius 1 is 1.44 bits per heavy atom. The average molecular weight is 255 g/mol. The molecule has 100 valence electrons. The molecule has 3 amide bonds.